The summed E-state index contributed by atoms with van der Waals surface area (Å²) in [5, 5.41) is 6.28. The molecule has 0 aromatic carbocycles. The van der Waals surface area contributed by atoms with Crippen molar-refractivity contribution in [3.8, 4) is 0 Å². The van der Waals surface area contributed by atoms with Crippen LogP contribution in [0.1, 0.15) is 45.8 Å². The number of aliphatic imine (C=N–C) groups is 1. The minimum Gasteiger partial charge on any atom is -0.443 e. The summed E-state index contributed by atoms with van der Waals surface area (Å²) < 4.78 is 30.4. The van der Waals surface area contributed by atoms with Gasteiger partial charge in [-0.05, 0) is 13.3 Å². The van der Waals surface area contributed by atoms with Gasteiger partial charge in [-0.1, -0.05) is 20.8 Å². The highest BCUT2D eigenvalue weighted by molar-refractivity contribution is 7.89. The Labute approximate surface area is 151 Å². The van der Waals surface area contributed by atoms with Gasteiger partial charge in [-0.3, -0.25) is 4.99 Å². The Morgan fingerprint density at radius 2 is 2.04 bits per heavy atom. The zero-order chi connectivity index (χ0) is 19.1. The first-order valence-electron chi connectivity index (χ1n) is 8.44. The molecule has 9 heteroatoms. The van der Waals surface area contributed by atoms with Crippen LogP contribution in [0.5, 0.6) is 0 Å². The summed E-state index contributed by atoms with van der Waals surface area (Å²) in [5.41, 5.74) is -0.0734. The molecule has 0 spiro atoms. The minimum absolute atomic E-state index is 0.0734. The van der Waals surface area contributed by atoms with Crippen molar-refractivity contribution in [2.24, 2.45) is 4.99 Å². The first-order valence-corrected chi connectivity index (χ1v) is 10.0. The Hall–Kier alpha value is -1.61. The van der Waals surface area contributed by atoms with Crippen LogP contribution in [0.15, 0.2) is 15.6 Å². The monoisotopic (exact) mass is 373 g/mol. The van der Waals surface area contributed by atoms with Crippen LogP contribution in [0.4, 0.5) is 0 Å². The Kier molecular flexibility index (Phi) is 7.88. The van der Waals surface area contributed by atoms with Crippen LogP contribution in [0, 0.1) is 0 Å². The predicted molar refractivity (Wildman–Crippen MR) is 100 cm³/mol. The second kappa shape index (κ2) is 9.19. The third-order valence-electron chi connectivity index (χ3n) is 3.71. The first-order chi connectivity index (χ1) is 11.6. The molecule has 1 aromatic heterocycles. The summed E-state index contributed by atoms with van der Waals surface area (Å²) in [6, 6.07) is 0. The molecule has 0 saturated heterocycles. The number of nitrogens with one attached hydrogen (secondary N) is 2. The molecular formula is C16H31N5O3S. The number of sulfonamides is 1. The van der Waals surface area contributed by atoms with Gasteiger partial charge in [0.05, 0.1) is 18.5 Å². The van der Waals surface area contributed by atoms with E-state index in [0.29, 0.717) is 37.9 Å². The van der Waals surface area contributed by atoms with Crippen molar-refractivity contribution in [3.63, 3.8) is 0 Å². The Balaban J connectivity index is 2.37. The molecule has 2 N–H and O–H groups in total. The van der Waals surface area contributed by atoms with Gasteiger partial charge in [-0.15, -0.1) is 0 Å². The number of oxazole rings is 1. The normalized spacial score (nSPS) is 13.3. The zero-order valence-electron chi connectivity index (χ0n) is 16.1. The SMILES string of the molecule is CCS(=O)(=O)N(C)CCCNC(=NC)NCc1ncc(C(C)(C)C)o1. The topological polar surface area (TPSA) is 99.8 Å². The number of hydrogen-bond donors (Lipinski definition) is 2. The number of guanidine groups is 1. The summed E-state index contributed by atoms with van der Waals surface area (Å²) in [6.07, 6.45) is 2.43. The fourth-order valence-corrected chi connectivity index (χ4v) is 2.83. The smallest absolute Gasteiger partial charge is 0.213 e. The molecule has 0 aliphatic carbocycles. The number of aromatic nitrogens is 1. The van der Waals surface area contributed by atoms with Gasteiger partial charge >= 0.3 is 0 Å². The minimum atomic E-state index is -3.12. The van der Waals surface area contributed by atoms with E-state index in [1.165, 1.54) is 4.31 Å². The molecule has 0 radical (unpaired) electrons. The van der Waals surface area contributed by atoms with E-state index < -0.39 is 10.0 Å². The Morgan fingerprint density at radius 3 is 2.56 bits per heavy atom. The molecule has 25 heavy (non-hydrogen) atoms. The summed E-state index contributed by atoms with van der Waals surface area (Å²) in [7, 11) is 0.157. The third-order valence-corrected chi connectivity index (χ3v) is 5.57. The highest BCUT2D eigenvalue weighted by Gasteiger charge is 2.19. The Bertz CT molecular complexity index is 662. The van der Waals surface area contributed by atoms with E-state index in [1.807, 2.05) is 0 Å². The average molecular weight is 374 g/mol. The van der Waals surface area contributed by atoms with Crippen LogP contribution in [0.3, 0.4) is 0 Å². The lowest BCUT2D eigenvalue weighted by molar-refractivity contribution is 0.379. The van der Waals surface area contributed by atoms with Crippen molar-refractivity contribution < 1.29 is 12.8 Å². The maximum absolute atomic E-state index is 11.7. The molecule has 144 valence electrons. The zero-order valence-corrected chi connectivity index (χ0v) is 16.9. The van der Waals surface area contributed by atoms with Crippen molar-refractivity contribution in [1.29, 1.82) is 0 Å². The number of rotatable bonds is 8. The molecule has 1 rings (SSSR count). The van der Waals surface area contributed by atoms with Gasteiger partial charge in [-0.2, -0.15) is 0 Å². The van der Waals surface area contributed by atoms with Crippen LogP contribution in [-0.4, -0.2) is 56.6 Å². The van der Waals surface area contributed by atoms with Crippen LogP contribution in [0.2, 0.25) is 0 Å². The average Bonchev–Trinajstić information content (AvgIpc) is 3.03. The molecule has 8 nitrogen and oxygen atoms in total. The Morgan fingerprint density at radius 1 is 1.36 bits per heavy atom. The molecule has 0 aliphatic heterocycles. The summed E-state index contributed by atoms with van der Waals surface area (Å²) in [6.45, 7) is 9.36. The van der Waals surface area contributed by atoms with Crippen LogP contribution >= 0.6 is 0 Å². The molecule has 0 amide bonds. The number of nitrogens with zero attached hydrogens (tertiary/aromatic N) is 3. The van der Waals surface area contributed by atoms with Gasteiger partial charge in [-0.25, -0.2) is 17.7 Å². The summed E-state index contributed by atoms with van der Waals surface area (Å²) in [4.78, 5) is 8.39. The van der Waals surface area contributed by atoms with Crippen LogP contribution in [0.25, 0.3) is 0 Å². The highest BCUT2D eigenvalue weighted by Crippen LogP contribution is 2.22. The van der Waals surface area contributed by atoms with Gasteiger partial charge in [0.2, 0.25) is 15.9 Å². The summed E-state index contributed by atoms with van der Waals surface area (Å²) in [5.74, 6) is 2.18. The van der Waals surface area contributed by atoms with Gasteiger partial charge in [0.15, 0.2) is 5.96 Å². The molecule has 0 aliphatic rings. The molecule has 0 saturated carbocycles. The molecule has 0 bridgehead atoms. The quantitative estimate of drug-likeness (QED) is 0.405. The van der Waals surface area contributed by atoms with Crippen molar-refractivity contribution in [2.45, 2.75) is 46.1 Å². The van der Waals surface area contributed by atoms with E-state index in [2.05, 4.69) is 41.4 Å². The van der Waals surface area contributed by atoms with E-state index >= 15 is 0 Å². The van der Waals surface area contributed by atoms with E-state index in [1.54, 1.807) is 27.2 Å². The lowest BCUT2D eigenvalue weighted by atomic mass is 9.94. The van der Waals surface area contributed by atoms with Gasteiger partial charge in [0.25, 0.3) is 0 Å². The van der Waals surface area contributed by atoms with E-state index in [-0.39, 0.29) is 11.2 Å². The van der Waals surface area contributed by atoms with Gasteiger partial charge in [0, 0.05) is 32.6 Å². The summed E-state index contributed by atoms with van der Waals surface area (Å²) >= 11 is 0. The highest BCUT2D eigenvalue weighted by atomic mass is 32.2. The van der Waals surface area contributed by atoms with Gasteiger partial charge in [0.1, 0.15) is 5.76 Å². The largest absolute Gasteiger partial charge is 0.443 e. The standard InChI is InChI=1S/C16H31N5O3S/c1-7-25(22,23)21(6)10-8-9-18-15(17-5)20-12-14-19-11-13(24-14)16(2,3)4/h11H,7-10,12H2,1-6H3,(H2,17,18,20). The van der Waals surface area contributed by atoms with Crippen LogP contribution in [-0.2, 0) is 22.0 Å². The van der Waals surface area contributed by atoms with Crippen LogP contribution < -0.4 is 10.6 Å². The van der Waals surface area contributed by atoms with Crippen molar-refractivity contribution in [1.82, 2.24) is 19.9 Å². The second-order valence-corrected chi connectivity index (χ2v) is 9.16. The maximum Gasteiger partial charge on any atom is 0.213 e. The maximum atomic E-state index is 11.7. The predicted octanol–water partition coefficient (Wildman–Crippen LogP) is 1.31. The van der Waals surface area contributed by atoms with Crippen molar-refractivity contribution in [2.75, 3.05) is 32.9 Å². The molecule has 1 heterocycles. The lowest BCUT2D eigenvalue weighted by Crippen LogP contribution is -2.38. The number of hydrogen-bond acceptors (Lipinski definition) is 5. The van der Waals surface area contributed by atoms with Crippen molar-refractivity contribution in [3.05, 3.63) is 17.8 Å². The fraction of sp³-hybridized carbons (Fsp3) is 0.750. The van der Waals surface area contributed by atoms with E-state index in [0.717, 1.165) is 5.76 Å². The molecule has 0 unspecified atom stereocenters. The lowest BCUT2D eigenvalue weighted by Gasteiger charge is -2.16. The molecule has 1 aromatic rings. The molecular weight excluding hydrogens is 342 g/mol. The van der Waals surface area contributed by atoms with E-state index in [4.69, 9.17) is 4.42 Å². The first kappa shape index (κ1) is 21.4. The molecule has 0 fully saturated rings. The third kappa shape index (κ3) is 7.03. The van der Waals surface area contributed by atoms with Gasteiger partial charge < -0.3 is 15.1 Å². The molecule has 0 atom stereocenters. The second-order valence-electron chi connectivity index (χ2n) is 6.80. The van der Waals surface area contributed by atoms with Crippen molar-refractivity contribution >= 4 is 16.0 Å². The van der Waals surface area contributed by atoms with E-state index in [9.17, 15) is 8.42 Å². The fourth-order valence-electron chi connectivity index (χ4n) is 1.99.